The van der Waals surface area contributed by atoms with Crippen LogP contribution in [0.15, 0.2) is 12.3 Å². The summed E-state index contributed by atoms with van der Waals surface area (Å²) in [4.78, 5) is 6.45. The SMILES string of the molecule is CCN(CC(C)C)c1ncc(CO)cc1Cl. The van der Waals surface area contributed by atoms with Crippen molar-refractivity contribution in [1.82, 2.24) is 4.98 Å². The van der Waals surface area contributed by atoms with Gasteiger partial charge < -0.3 is 10.0 Å². The molecule has 1 aromatic heterocycles. The highest BCUT2D eigenvalue weighted by Crippen LogP contribution is 2.24. The van der Waals surface area contributed by atoms with E-state index in [1.165, 1.54) is 0 Å². The molecular formula is C12H19ClN2O. The van der Waals surface area contributed by atoms with Crippen LogP contribution in [0.4, 0.5) is 5.82 Å². The molecule has 1 rings (SSSR count). The number of hydrogen-bond donors (Lipinski definition) is 1. The van der Waals surface area contributed by atoms with Crippen LogP contribution < -0.4 is 4.90 Å². The topological polar surface area (TPSA) is 36.4 Å². The molecule has 0 radical (unpaired) electrons. The van der Waals surface area contributed by atoms with Crippen molar-refractivity contribution in [2.24, 2.45) is 5.92 Å². The fourth-order valence-electron chi connectivity index (χ4n) is 1.60. The van der Waals surface area contributed by atoms with Crippen molar-refractivity contribution < 1.29 is 5.11 Å². The number of pyridine rings is 1. The molecule has 0 aliphatic rings. The van der Waals surface area contributed by atoms with Gasteiger partial charge in [0.15, 0.2) is 0 Å². The molecule has 0 aliphatic carbocycles. The maximum Gasteiger partial charge on any atom is 0.147 e. The standard InChI is InChI=1S/C12H19ClN2O/c1-4-15(7-9(2)3)12-11(13)5-10(8-16)6-14-12/h5-6,9,16H,4,7-8H2,1-3H3. The smallest absolute Gasteiger partial charge is 0.147 e. The second kappa shape index (κ2) is 6.06. The second-order valence-corrected chi connectivity index (χ2v) is 4.65. The van der Waals surface area contributed by atoms with Gasteiger partial charge in [-0.1, -0.05) is 25.4 Å². The molecule has 0 aliphatic heterocycles. The van der Waals surface area contributed by atoms with E-state index in [2.05, 4.69) is 30.7 Å². The third-order valence-electron chi connectivity index (χ3n) is 2.33. The van der Waals surface area contributed by atoms with Gasteiger partial charge in [-0.2, -0.15) is 0 Å². The first kappa shape index (κ1) is 13.3. The molecule has 16 heavy (non-hydrogen) atoms. The van der Waals surface area contributed by atoms with Crippen LogP contribution in [0, 0.1) is 5.92 Å². The predicted octanol–water partition coefficient (Wildman–Crippen LogP) is 2.71. The van der Waals surface area contributed by atoms with Gasteiger partial charge in [-0.3, -0.25) is 0 Å². The van der Waals surface area contributed by atoms with E-state index in [4.69, 9.17) is 16.7 Å². The molecule has 0 bridgehead atoms. The summed E-state index contributed by atoms with van der Waals surface area (Å²) in [5, 5.41) is 9.59. The van der Waals surface area contributed by atoms with Crippen LogP contribution in [0.25, 0.3) is 0 Å². The first-order chi connectivity index (χ1) is 7.58. The number of hydrogen-bond acceptors (Lipinski definition) is 3. The van der Waals surface area contributed by atoms with Gasteiger partial charge in [0.25, 0.3) is 0 Å². The van der Waals surface area contributed by atoms with Crippen LogP contribution in [-0.4, -0.2) is 23.2 Å². The van der Waals surface area contributed by atoms with E-state index in [0.717, 1.165) is 24.5 Å². The summed E-state index contributed by atoms with van der Waals surface area (Å²) in [5.41, 5.74) is 0.745. The summed E-state index contributed by atoms with van der Waals surface area (Å²) in [7, 11) is 0. The molecule has 0 aromatic carbocycles. The zero-order chi connectivity index (χ0) is 12.1. The van der Waals surface area contributed by atoms with Crippen LogP contribution in [0.2, 0.25) is 5.02 Å². The zero-order valence-electron chi connectivity index (χ0n) is 10.1. The van der Waals surface area contributed by atoms with Crippen molar-refractivity contribution in [3.63, 3.8) is 0 Å². The van der Waals surface area contributed by atoms with Crippen molar-refractivity contribution >= 4 is 17.4 Å². The molecule has 90 valence electrons. The average molecular weight is 243 g/mol. The first-order valence-electron chi connectivity index (χ1n) is 5.58. The Labute approximate surface area is 102 Å². The number of nitrogens with zero attached hydrogens (tertiary/aromatic N) is 2. The predicted molar refractivity (Wildman–Crippen MR) is 67.9 cm³/mol. The van der Waals surface area contributed by atoms with Crippen LogP contribution in [-0.2, 0) is 6.61 Å². The van der Waals surface area contributed by atoms with Gasteiger partial charge in [-0.05, 0) is 24.5 Å². The Morgan fingerprint density at radius 2 is 2.19 bits per heavy atom. The largest absolute Gasteiger partial charge is 0.392 e. The Morgan fingerprint density at radius 3 is 2.62 bits per heavy atom. The summed E-state index contributed by atoms with van der Waals surface area (Å²) in [6.45, 7) is 8.20. The minimum Gasteiger partial charge on any atom is -0.392 e. The van der Waals surface area contributed by atoms with Gasteiger partial charge in [0.05, 0.1) is 11.6 Å². The number of halogens is 1. The summed E-state index contributed by atoms with van der Waals surface area (Å²) in [6.07, 6.45) is 1.67. The lowest BCUT2D eigenvalue weighted by Gasteiger charge is -2.25. The fourth-order valence-corrected chi connectivity index (χ4v) is 1.90. The highest BCUT2D eigenvalue weighted by molar-refractivity contribution is 6.33. The van der Waals surface area contributed by atoms with Crippen molar-refractivity contribution in [3.05, 3.63) is 22.8 Å². The Bertz CT molecular complexity index is 342. The van der Waals surface area contributed by atoms with Crippen LogP contribution in [0.1, 0.15) is 26.3 Å². The molecule has 1 heterocycles. The lowest BCUT2D eigenvalue weighted by atomic mass is 10.2. The van der Waals surface area contributed by atoms with Crippen molar-refractivity contribution in [1.29, 1.82) is 0 Å². The first-order valence-corrected chi connectivity index (χ1v) is 5.96. The van der Waals surface area contributed by atoms with Crippen molar-refractivity contribution in [2.45, 2.75) is 27.4 Å². The van der Waals surface area contributed by atoms with Gasteiger partial charge in [-0.25, -0.2) is 4.98 Å². The third kappa shape index (κ3) is 3.35. The molecular weight excluding hydrogens is 224 g/mol. The molecule has 4 heteroatoms. The summed E-state index contributed by atoms with van der Waals surface area (Å²) >= 11 is 6.15. The normalized spacial score (nSPS) is 10.9. The fraction of sp³-hybridized carbons (Fsp3) is 0.583. The maximum absolute atomic E-state index is 8.98. The highest BCUT2D eigenvalue weighted by Gasteiger charge is 2.12. The Morgan fingerprint density at radius 1 is 1.50 bits per heavy atom. The van der Waals surface area contributed by atoms with E-state index in [-0.39, 0.29) is 6.61 Å². The number of aromatic nitrogens is 1. The van der Waals surface area contributed by atoms with Gasteiger partial charge >= 0.3 is 0 Å². The van der Waals surface area contributed by atoms with Gasteiger partial charge in [0.1, 0.15) is 5.82 Å². The molecule has 0 spiro atoms. The maximum atomic E-state index is 8.98. The second-order valence-electron chi connectivity index (χ2n) is 4.24. The monoisotopic (exact) mass is 242 g/mol. The molecule has 1 N–H and O–H groups in total. The van der Waals surface area contributed by atoms with Crippen LogP contribution >= 0.6 is 11.6 Å². The van der Waals surface area contributed by atoms with E-state index < -0.39 is 0 Å². The average Bonchev–Trinajstić information content (AvgIpc) is 2.25. The molecule has 0 unspecified atom stereocenters. The molecule has 3 nitrogen and oxygen atoms in total. The molecule has 1 aromatic rings. The number of rotatable bonds is 5. The van der Waals surface area contributed by atoms with Crippen LogP contribution in [0.5, 0.6) is 0 Å². The van der Waals surface area contributed by atoms with Crippen molar-refractivity contribution in [3.8, 4) is 0 Å². The Hall–Kier alpha value is -0.800. The number of aliphatic hydroxyl groups excluding tert-OH is 1. The highest BCUT2D eigenvalue weighted by atomic mass is 35.5. The summed E-state index contributed by atoms with van der Waals surface area (Å²) in [5.74, 6) is 1.37. The molecule has 0 fully saturated rings. The van der Waals surface area contributed by atoms with E-state index in [1.807, 2.05) is 0 Å². The third-order valence-corrected chi connectivity index (χ3v) is 2.61. The van der Waals surface area contributed by atoms with Gasteiger partial charge in [0, 0.05) is 19.3 Å². The van der Waals surface area contributed by atoms with Crippen molar-refractivity contribution in [2.75, 3.05) is 18.0 Å². The molecule has 0 saturated heterocycles. The Kier molecular flexibility index (Phi) is 5.03. The van der Waals surface area contributed by atoms with Crippen LogP contribution in [0.3, 0.4) is 0 Å². The lowest BCUT2D eigenvalue weighted by Crippen LogP contribution is -2.28. The van der Waals surface area contributed by atoms with Gasteiger partial charge in [0.2, 0.25) is 0 Å². The van der Waals surface area contributed by atoms with E-state index >= 15 is 0 Å². The molecule has 0 amide bonds. The minimum absolute atomic E-state index is 0.0245. The quantitative estimate of drug-likeness (QED) is 0.863. The van der Waals surface area contributed by atoms with E-state index in [0.29, 0.717) is 10.9 Å². The lowest BCUT2D eigenvalue weighted by molar-refractivity contribution is 0.281. The number of anilines is 1. The molecule has 0 atom stereocenters. The Balaban J connectivity index is 2.92. The van der Waals surface area contributed by atoms with Gasteiger partial charge in [-0.15, -0.1) is 0 Å². The zero-order valence-corrected chi connectivity index (χ0v) is 10.8. The summed E-state index contributed by atoms with van der Waals surface area (Å²) in [6, 6.07) is 1.77. The summed E-state index contributed by atoms with van der Waals surface area (Å²) < 4.78 is 0. The molecule has 0 saturated carbocycles. The minimum atomic E-state index is -0.0245. The van der Waals surface area contributed by atoms with E-state index in [9.17, 15) is 0 Å². The van der Waals surface area contributed by atoms with E-state index in [1.54, 1.807) is 12.3 Å². The number of aliphatic hydroxyl groups is 1.